The summed E-state index contributed by atoms with van der Waals surface area (Å²) < 4.78 is 0. The van der Waals surface area contributed by atoms with Gasteiger partial charge in [0, 0.05) is 6.04 Å². The Hall–Kier alpha value is -1.06. The Balaban J connectivity index is 1.66. The first kappa shape index (κ1) is 15.5. The fraction of sp³-hybridized carbons (Fsp3) is 0.700. The molecule has 0 amide bonds. The Labute approximate surface area is 139 Å². The average Bonchev–Trinajstić information content (AvgIpc) is 2.79. The van der Waals surface area contributed by atoms with Crippen molar-refractivity contribution in [3.63, 3.8) is 0 Å². The lowest BCUT2D eigenvalue weighted by Gasteiger charge is -2.51. The van der Waals surface area contributed by atoms with Crippen LogP contribution in [0.3, 0.4) is 0 Å². The van der Waals surface area contributed by atoms with Crippen LogP contribution < -0.4 is 5.32 Å². The maximum atomic E-state index is 10.6. The highest BCUT2D eigenvalue weighted by molar-refractivity contribution is 5.40. The van der Waals surface area contributed by atoms with Crippen molar-refractivity contribution in [3.8, 4) is 5.75 Å². The lowest BCUT2D eigenvalue weighted by molar-refractivity contribution is 0.0364. The number of hydrogen-bond acceptors (Lipinski definition) is 3. The zero-order chi connectivity index (χ0) is 16.2. The van der Waals surface area contributed by atoms with Crippen molar-refractivity contribution in [2.75, 3.05) is 6.54 Å². The van der Waals surface area contributed by atoms with E-state index < -0.39 is 0 Å². The van der Waals surface area contributed by atoms with E-state index in [1.54, 1.807) is 0 Å². The van der Waals surface area contributed by atoms with Gasteiger partial charge in [0.1, 0.15) is 5.75 Å². The number of likely N-dealkylation sites (N-methyl/N-ethyl adjacent to an activating group) is 1. The number of aliphatic hydroxyl groups is 1. The summed E-state index contributed by atoms with van der Waals surface area (Å²) in [6.45, 7) is 5.47. The number of phenolic OH excluding ortho intramolecular Hbond substituents is 1. The molecule has 2 saturated carbocycles. The van der Waals surface area contributed by atoms with E-state index in [0.29, 0.717) is 23.5 Å². The van der Waals surface area contributed by atoms with Gasteiger partial charge in [-0.25, -0.2) is 0 Å². The maximum Gasteiger partial charge on any atom is 0.115 e. The van der Waals surface area contributed by atoms with Gasteiger partial charge in [0.05, 0.1) is 6.10 Å². The van der Waals surface area contributed by atoms with Crippen LogP contribution in [0.2, 0.25) is 0 Å². The van der Waals surface area contributed by atoms with Gasteiger partial charge in [-0.2, -0.15) is 0 Å². The number of phenols is 1. The van der Waals surface area contributed by atoms with E-state index >= 15 is 0 Å². The molecule has 0 bridgehead atoms. The standard InChI is InChI=1S/C20H29NO2/c1-3-21-19-18(23)11-17-16-6-4-12-10-13(22)5-7-14(12)15(16)8-9-20(17,19)2/h5,7,10,15-19,21-23H,3-4,6,8-9,11H2,1-2H3/t15-,16-,17+,18-,19+,20+/m1/s1. The predicted octanol–water partition coefficient (Wildman–Crippen LogP) is 3.20. The molecule has 1 aromatic carbocycles. The van der Waals surface area contributed by atoms with Crippen molar-refractivity contribution in [2.24, 2.45) is 17.3 Å². The van der Waals surface area contributed by atoms with Crippen molar-refractivity contribution in [1.82, 2.24) is 5.32 Å². The number of nitrogens with one attached hydrogen (secondary N) is 1. The topological polar surface area (TPSA) is 52.5 Å². The molecule has 0 saturated heterocycles. The van der Waals surface area contributed by atoms with Crippen molar-refractivity contribution in [2.45, 2.75) is 64.0 Å². The Morgan fingerprint density at radius 2 is 2.13 bits per heavy atom. The second kappa shape index (κ2) is 5.49. The summed E-state index contributed by atoms with van der Waals surface area (Å²) in [6.07, 6.45) is 5.41. The molecule has 1 aromatic rings. The van der Waals surface area contributed by atoms with E-state index in [2.05, 4.69) is 25.2 Å². The molecular weight excluding hydrogens is 286 g/mol. The van der Waals surface area contributed by atoms with E-state index in [4.69, 9.17) is 0 Å². The molecule has 3 nitrogen and oxygen atoms in total. The van der Waals surface area contributed by atoms with Crippen LogP contribution in [0, 0.1) is 17.3 Å². The molecule has 0 unspecified atom stereocenters. The van der Waals surface area contributed by atoms with Gasteiger partial charge in [0.2, 0.25) is 0 Å². The molecule has 0 heterocycles. The second-order valence-electron chi connectivity index (χ2n) is 8.18. The van der Waals surface area contributed by atoms with Crippen LogP contribution >= 0.6 is 0 Å². The van der Waals surface area contributed by atoms with Crippen LogP contribution in [0.5, 0.6) is 5.75 Å². The van der Waals surface area contributed by atoms with Gasteiger partial charge in [-0.3, -0.25) is 0 Å². The molecular formula is C20H29NO2. The molecule has 23 heavy (non-hydrogen) atoms. The molecule has 3 heteroatoms. The molecule has 6 atom stereocenters. The smallest absolute Gasteiger partial charge is 0.115 e. The maximum absolute atomic E-state index is 10.6. The fourth-order valence-corrected chi connectivity index (χ4v) is 6.17. The first-order valence-electron chi connectivity index (χ1n) is 9.28. The van der Waals surface area contributed by atoms with Crippen molar-refractivity contribution >= 4 is 0 Å². The SMILES string of the molecule is CCN[C@H]1[C@H](O)C[C@H]2[C@@H]3CCc4cc(O)ccc4[C@H]3CC[C@@]21C. The van der Waals surface area contributed by atoms with E-state index in [0.717, 1.165) is 19.4 Å². The number of benzene rings is 1. The zero-order valence-electron chi connectivity index (χ0n) is 14.3. The largest absolute Gasteiger partial charge is 0.508 e. The molecule has 0 aliphatic heterocycles. The summed E-state index contributed by atoms with van der Waals surface area (Å²) in [6, 6.07) is 6.21. The Morgan fingerprint density at radius 3 is 2.91 bits per heavy atom. The molecule has 2 fully saturated rings. The molecule has 0 spiro atoms. The van der Waals surface area contributed by atoms with Gasteiger partial charge in [-0.05, 0) is 85.1 Å². The molecule has 3 aliphatic carbocycles. The first-order valence-corrected chi connectivity index (χ1v) is 9.28. The Bertz CT molecular complexity index is 601. The Morgan fingerprint density at radius 1 is 1.30 bits per heavy atom. The summed E-state index contributed by atoms with van der Waals surface area (Å²) >= 11 is 0. The predicted molar refractivity (Wildman–Crippen MR) is 91.6 cm³/mol. The van der Waals surface area contributed by atoms with Crippen molar-refractivity contribution in [3.05, 3.63) is 29.3 Å². The third kappa shape index (κ3) is 2.24. The summed E-state index contributed by atoms with van der Waals surface area (Å²) in [5, 5.41) is 24.0. The molecule has 4 rings (SSSR count). The molecule has 0 radical (unpaired) electrons. The highest BCUT2D eigenvalue weighted by Gasteiger charge is 2.57. The lowest BCUT2D eigenvalue weighted by Crippen LogP contribution is -2.51. The van der Waals surface area contributed by atoms with Crippen molar-refractivity contribution in [1.29, 1.82) is 0 Å². The van der Waals surface area contributed by atoms with E-state index in [1.807, 2.05) is 12.1 Å². The van der Waals surface area contributed by atoms with Gasteiger partial charge in [-0.15, -0.1) is 0 Å². The number of fused-ring (bicyclic) bond motifs is 5. The first-order chi connectivity index (χ1) is 11.0. The van der Waals surface area contributed by atoms with Crippen LogP contribution in [0.25, 0.3) is 0 Å². The van der Waals surface area contributed by atoms with Crippen LogP contribution in [0.1, 0.15) is 56.6 Å². The minimum Gasteiger partial charge on any atom is -0.508 e. The zero-order valence-corrected chi connectivity index (χ0v) is 14.3. The fourth-order valence-electron chi connectivity index (χ4n) is 6.17. The van der Waals surface area contributed by atoms with Gasteiger partial charge in [-0.1, -0.05) is 19.9 Å². The van der Waals surface area contributed by atoms with Gasteiger partial charge in [0.25, 0.3) is 0 Å². The van der Waals surface area contributed by atoms with Crippen molar-refractivity contribution < 1.29 is 10.2 Å². The van der Waals surface area contributed by atoms with Gasteiger partial charge >= 0.3 is 0 Å². The summed E-state index contributed by atoms with van der Waals surface area (Å²) in [7, 11) is 0. The van der Waals surface area contributed by atoms with E-state index in [-0.39, 0.29) is 17.6 Å². The lowest BCUT2D eigenvalue weighted by atomic mass is 9.55. The third-order valence-electron chi connectivity index (χ3n) is 7.16. The monoisotopic (exact) mass is 315 g/mol. The van der Waals surface area contributed by atoms with Gasteiger partial charge in [0.15, 0.2) is 0 Å². The number of hydrogen-bond donors (Lipinski definition) is 3. The quantitative estimate of drug-likeness (QED) is 0.785. The van der Waals surface area contributed by atoms with Crippen LogP contribution in [0.15, 0.2) is 18.2 Å². The highest BCUT2D eigenvalue weighted by atomic mass is 16.3. The number of aromatic hydroxyl groups is 1. The van der Waals surface area contributed by atoms with Crippen LogP contribution in [-0.4, -0.2) is 28.9 Å². The molecule has 0 aromatic heterocycles. The third-order valence-corrected chi connectivity index (χ3v) is 7.16. The van der Waals surface area contributed by atoms with Gasteiger partial charge < -0.3 is 15.5 Å². The summed E-state index contributed by atoms with van der Waals surface area (Å²) in [4.78, 5) is 0. The molecule has 3 aliphatic rings. The highest BCUT2D eigenvalue weighted by Crippen LogP contribution is 2.60. The summed E-state index contributed by atoms with van der Waals surface area (Å²) in [5.41, 5.74) is 3.03. The van der Waals surface area contributed by atoms with Crippen LogP contribution in [0.4, 0.5) is 0 Å². The van der Waals surface area contributed by atoms with E-state index in [9.17, 15) is 10.2 Å². The number of rotatable bonds is 2. The Kier molecular flexibility index (Phi) is 3.69. The molecule has 3 N–H and O–H groups in total. The number of aliphatic hydroxyl groups excluding tert-OH is 1. The molecule has 126 valence electrons. The average molecular weight is 315 g/mol. The minimum absolute atomic E-state index is 0.204. The van der Waals surface area contributed by atoms with E-state index in [1.165, 1.54) is 30.4 Å². The minimum atomic E-state index is -0.204. The second-order valence-corrected chi connectivity index (χ2v) is 8.18. The van der Waals surface area contributed by atoms with Crippen LogP contribution in [-0.2, 0) is 6.42 Å². The number of aryl methyl sites for hydroxylation is 1. The summed E-state index contributed by atoms with van der Waals surface area (Å²) in [5.74, 6) is 2.31. The normalized spacial score (nSPS) is 42.0.